The van der Waals surface area contributed by atoms with Gasteiger partial charge in [0.2, 0.25) is 0 Å². The van der Waals surface area contributed by atoms with Crippen LogP contribution >= 0.6 is 0 Å². The highest BCUT2D eigenvalue weighted by Gasteiger charge is 2.20. The molecule has 0 amide bonds. The normalized spacial score (nSPS) is 19.7. The first-order chi connectivity index (χ1) is 26.2. The zero-order valence-corrected chi connectivity index (χ0v) is 17.8. The molecule has 168 valence electrons. The van der Waals surface area contributed by atoms with Crippen molar-refractivity contribution in [2.45, 2.75) is 0 Å². The van der Waals surface area contributed by atoms with E-state index >= 15 is 0 Å². The van der Waals surface area contributed by atoms with Gasteiger partial charge in [-0.15, -0.1) is 0 Å². The molecule has 0 atom stereocenters. The summed E-state index contributed by atoms with van der Waals surface area (Å²) >= 11 is 0. The number of rotatable bonds is 2. The lowest BCUT2D eigenvalue weighted by Crippen LogP contribution is -1.89. The monoisotopic (exact) mass is 480 g/mol. The number of para-hydroxylation sites is 1. The Labute approximate surface area is 235 Å². The van der Waals surface area contributed by atoms with Crippen LogP contribution < -0.4 is 0 Å². The molecule has 0 fully saturated rings. The number of hydrogen-bond donors (Lipinski definition) is 0. The van der Waals surface area contributed by atoms with E-state index < -0.39 is 181 Å². The summed E-state index contributed by atoms with van der Waals surface area (Å²) in [6.07, 6.45) is 0. The first-order valence-electron chi connectivity index (χ1n) is 20.6. The highest BCUT2D eigenvalue weighted by Crippen LogP contribution is 2.45. The van der Waals surface area contributed by atoms with Crippen molar-refractivity contribution < 1.29 is 36.2 Å². The number of hydrogen-bond acceptors (Lipinski definition) is 2. The van der Waals surface area contributed by atoms with Crippen molar-refractivity contribution in [3.05, 3.63) is 121 Å². The zero-order valence-electron chi connectivity index (χ0n) is 37.8. The third-order valence-corrected chi connectivity index (χ3v) is 5.87. The fourth-order valence-corrected chi connectivity index (χ4v) is 4.41. The standard InChI is InChI=1S/C34H20O2/c1-2-10-21(11-3-1)31-24-13-4-6-15-26(24)32(27-16-7-5-14-25(27)31)30-20-22-18-19-28-23-12-8-9-17-29(23)35-34(28)33(22)36-30/h1-20H/i1D,2D,3D,4D,5D,6D,7D,8D,9D,10D,11D,12D,13D,14D,15D,16D,17D,18D,19D,20D. The summed E-state index contributed by atoms with van der Waals surface area (Å²) in [5.74, 6) is -0.641. The second kappa shape index (κ2) is 7.34. The Morgan fingerprint density at radius 2 is 1.03 bits per heavy atom. The van der Waals surface area contributed by atoms with Crippen LogP contribution in [-0.4, -0.2) is 0 Å². The van der Waals surface area contributed by atoms with Crippen LogP contribution in [0.15, 0.2) is 130 Å². The van der Waals surface area contributed by atoms with Gasteiger partial charge in [0.25, 0.3) is 0 Å². The molecule has 8 aromatic rings. The second-order valence-electron chi connectivity index (χ2n) is 7.77. The Balaban J connectivity index is 1.71. The molecule has 2 nitrogen and oxygen atoms in total. The highest BCUT2D eigenvalue weighted by molar-refractivity contribution is 6.22. The molecule has 0 aliphatic rings. The van der Waals surface area contributed by atoms with Gasteiger partial charge in [0.05, 0.1) is 27.4 Å². The predicted octanol–water partition coefficient (Wildman–Crippen LogP) is 9.97. The SMILES string of the molecule is [2H]c1c([2H])c([2H])c(-c2c3c([2H])c([2H])c([2H])c([2H])c3c(-c3oc4c(c3[2H])c([2H])c([2H])c3c4oc4c([2H])c([2H])c([2H])c([2H])c43)c3c([2H])c([2H])c([2H])c([2H])c23)c([2H])c1[2H]. The summed E-state index contributed by atoms with van der Waals surface area (Å²) in [5.41, 5.74) is -2.92. The lowest BCUT2D eigenvalue weighted by molar-refractivity contribution is 0.612. The first-order valence-corrected chi connectivity index (χ1v) is 10.6. The maximum atomic E-state index is 9.33. The van der Waals surface area contributed by atoms with Gasteiger partial charge in [0.15, 0.2) is 11.2 Å². The van der Waals surface area contributed by atoms with Crippen molar-refractivity contribution in [3.63, 3.8) is 0 Å². The van der Waals surface area contributed by atoms with E-state index in [0.717, 1.165) is 0 Å². The van der Waals surface area contributed by atoms with Crippen LogP contribution in [0.3, 0.4) is 0 Å². The molecule has 0 N–H and O–H groups in total. The van der Waals surface area contributed by atoms with E-state index in [1.54, 1.807) is 0 Å². The van der Waals surface area contributed by atoms with Crippen LogP contribution in [0.1, 0.15) is 27.4 Å². The van der Waals surface area contributed by atoms with Crippen molar-refractivity contribution in [1.82, 2.24) is 0 Å². The number of furan rings is 2. The molecule has 36 heavy (non-hydrogen) atoms. The summed E-state index contributed by atoms with van der Waals surface area (Å²) < 4.78 is 186. The second-order valence-corrected chi connectivity index (χ2v) is 7.77. The third kappa shape index (κ3) is 2.67. The smallest absolute Gasteiger partial charge is 0.178 e. The highest BCUT2D eigenvalue weighted by atomic mass is 16.4. The van der Waals surface area contributed by atoms with Gasteiger partial charge in [-0.3, -0.25) is 0 Å². The van der Waals surface area contributed by atoms with Crippen molar-refractivity contribution in [1.29, 1.82) is 0 Å². The minimum atomic E-state index is -0.853. The Morgan fingerprint density at radius 3 is 1.72 bits per heavy atom. The van der Waals surface area contributed by atoms with Gasteiger partial charge < -0.3 is 8.83 Å². The van der Waals surface area contributed by atoms with E-state index in [2.05, 4.69) is 0 Å². The summed E-state index contributed by atoms with van der Waals surface area (Å²) in [5, 5.41) is -3.11. The summed E-state index contributed by atoms with van der Waals surface area (Å²) in [7, 11) is 0. The molecular weight excluding hydrogens is 440 g/mol. The molecule has 0 aliphatic carbocycles. The minimum Gasteiger partial charge on any atom is -0.452 e. The van der Waals surface area contributed by atoms with Gasteiger partial charge in [-0.1, -0.05) is 103 Å². The van der Waals surface area contributed by atoms with Crippen LogP contribution in [0.4, 0.5) is 0 Å². The Hall–Kier alpha value is -4.82. The quantitative estimate of drug-likeness (QED) is 0.230. The molecule has 2 aromatic heterocycles. The van der Waals surface area contributed by atoms with Crippen LogP contribution in [0.2, 0.25) is 0 Å². The Morgan fingerprint density at radius 1 is 0.444 bits per heavy atom. The van der Waals surface area contributed by atoms with Crippen molar-refractivity contribution >= 4 is 54.5 Å². The average molecular weight is 481 g/mol. The zero-order chi connectivity index (χ0) is 41.0. The van der Waals surface area contributed by atoms with Gasteiger partial charge in [-0.05, 0) is 50.8 Å². The maximum Gasteiger partial charge on any atom is 0.178 e. The van der Waals surface area contributed by atoms with E-state index in [9.17, 15) is 1.37 Å². The Bertz CT molecular complexity index is 3090. The fourth-order valence-electron chi connectivity index (χ4n) is 4.41. The van der Waals surface area contributed by atoms with Gasteiger partial charge in [-0.2, -0.15) is 0 Å². The van der Waals surface area contributed by atoms with E-state index in [1.165, 1.54) is 0 Å². The van der Waals surface area contributed by atoms with Gasteiger partial charge in [-0.25, -0.2) is 0 Å². The van der Waals surface area contributed by atoms with E-state index in [1.807, 2.05) is 0 Å². The molecule has 0 aliphatic heterocycles. The molecule has 2 heteroatoms. The Kier molecular flexibility index (Phi) is 1.71. The van der Waals surface area contributed by atoms with E-state index in [0.29, 0.717) is 0 Å². The van der Waals surface area contributed by atoms with Crippen molar-refractivity contribution in [2.75, 3.05) is 0 Å². The van der Waals surface area contributed by atoms with Gasteiger partial charge >= 0.3 is 0 Å². The van der Waals surface area contributed by atoms with Gasteiger partial charge in [0, 0.05) is 21.7 Å². The molecule has 8 rings (SSSR count). The third-order valence-electron chi connectivity index (χ3n) is 5.87. The van der Waals surface area contributed by atoms with Crippen LogP contribution in [0, 0.1) is 0 Å². The fraction of sp³-hybridized carbons (Fsp3) is 0. The van der Waals surface area contributed by atoms with Crippen LogP contribution in [-0.2, 0) is 0 Å². The largest absolute Gasteiger partial charge is 0.452 e. The van der Waals surface area contributed by atoms with Gasteiger partial charge in [0.1, 0.15) is 11.3 Å². The minimum absolute atomic E-state index is 0.252. The lowest BCUT2D eigenvalue weighted by Gasteiger charge is -2.16. The molecule has 0 saturated heterocycles. The van der Waals surface area contributed by atoms with Crippen LogP contribution in [0.5, 0.6) is 0 Å². The molecule has 6 aromatic carbocycles. The molecule has 0 spiro atoms. The van der Waals surface area contributed by atoms with E-state index in [4.69, 9.17) is 34.9 Å². The lowest BCUT2D eigenvalue weighted by atomic mass is 9.87. The molecule has 0 bridgehead atoms. The topological polar surface area (TPSA) is 26.3 Å². The average Bonchev–Trinajstić information content (AvgIpc) is 3.74. The van der Waals surface area contributed by atoms with E-state index in [-0.39, 0.29) is 16.4 Å². The maximum absolute atomic E-state index is 9.33. The number of fused-ring (bicyclic) bond motifs is 7. The first kappa shape index (κ1) is 8.39. The predicted molar refractivity (Wildman–Crippen MR) is 149 cm³/mol. The molecule has 2 heterocycles. The molecular formula is C34H20O2. The molecule has 0 unspecified atom stereocenters. The van der Waals surface area contributed by atoms with Crippen LogP contribution in [0.25, 0.3) is 76.9 Å². The number of benzene rings is 6. The summed E-state index contributed by atoms with van der Waals surface area (Å²) in [6, 6.07) is -15.4. The summed E-state index contributed by atoms with van der Waals surface area (Å²) in [4.78, 5) is 0. The molecule has 0 radical (unpaired) electrons. The van der Waals surface area contributed by atoms with Crippen molar-refractivity contribution in [3.8, 4) is 22.5 Å². The summed E-state index contributed by atoms with van der Waals surface area (Å²) in [6.45, 7) is 0. The van der Waals surface area contributed by atoms with Crippen molar-refractivity contribution in [2.24, 2.45) is 0 Å². The molecule has 0 saturated carbocycles.